The van der Waals surface area contributed by atoms with Crippen LogP contribution in [0.4, 0.5) is 9.59 Å². The van der Waals surface area contributed by atoms with Gasteiger partial charge in [0.15, 0.2) is 6.10 Å². The van der Waals surface area contributed by atoms with Gasteiger partial charge in [-0.15, -0.1) is 4.91 Å². The molecule has 1 N–H and O–H groups in total. The van der Waals surface area contributed by atoms with Gasteiger partial charge in [0.05, 0.1) is 0 Å². The molecule has 88 valence electrons. The number of carbonyl (C=O) groups excluding carboxylic acids is 3. The molecule has 0 spiro atoms. The van der Waals surface area contributed by atoms with Crippen LogP contribution in [-0.4, -0.2) is 44.0 Å². The van der Waals surface area contributed by atoms with Crippen LogP contribution in [0.15, 0.2) is 5.18 Å². The second kappa shape index (κ2) is 5.63. The van der Waals surface area contributed by atoms with Crippen LogP contribution in [0.3, 0.4) is 0 Å². The first kappa shape index (κ1) is 11.9. The maximum atomic E-state index is 10.9. The van der Waals surface area contributed by atoms with Gasteiger partial charge in [-0.25, -0.2) is 9.59 Å². The predicted octanol–water partition coefficient (Wildman–Crippen LogP) is -0.459. The molecular formula is C7H8N2O7. The Morgan fingerprint density at radius 1 is 1.56 bits per heavy atom. The lowest BCUT2D eigenvalue weighted by Crippen LogP contribution is -2.30. The van der Waals surface area contributed by atoms with E-state index in [0.29, 0.717) is 0 Å². The summed E-state index contributed by atoms with van der Waals surface area (Å²) < 4.78 is 13.6. The molecule has 0 radical (unpaired) electrons. The highest BCUT2D eigenvalue weighted by Gasteiger charge is 2.26. The first-order valence-electron chi connectivity index (χ1n) is 4.22. The van der Waals surface area contributed by atoms with Crippen molar-refractivity contribution < 1.29 is 28.6 Å². The van der Waals surface area contributed by atoms with Crippen molar-refractivity contribution in [3.8, 4) is 0 Å². The van der Waals surface area contributed by atoms with Crippen LogP contribution in [0.2, 0.25) is 0 Å². The summed E-state index contributed by atoms with van der Waals surface area (Å²) in [6.07, 6.45) is -1.46. The van der Waals surface area contributed by atoms with Gasteiger partial charge in [-0.2, -0.15) is 0 Å². The zero-order valence-corrected chi connectivity index (χ0v) is 8.00. The molecule has 1 aliphatic heterocycles. The minimum atomic E-state index is -1.16. The lowest BCUT2D eigenvalue weighted by Gasteiger charge is -2.07. The lowest BCUT2D eigenvalue weighted by molar-refractivity contribution is -0.144. The molecule has 0 aromatic carbocycles. The Balaban J connectivity index is 2.13. The van der Waals surface area contributed by atoms with Gasteiger partial charge in [-0.05, 0) is 0 Å². The first-order valence-corrected chi connectivity index (χ1v) is 4.22. The number of nitrogens with one attached hydrogen (secondary N) is 1. The Hall–Kier alpha value is -2.19. The van der Waals surface area contributed by atoms with Gasteiger partial charge in [0.25, 0.3) is 0 Å². The van der Waals surface area contributed by atoms with Gasteiger partial charge in [-0.1, -0.05) is 0 Å². The normalized spacial score (nSPS) is 18.2. The maximum Gasteiger partial charge on any atom is 0.508 e. The van der Waals surface area contributed by atoms with E-state index >= 15 is 0 Å². The molecule has 9 nitrogen and oxygen atoms in total. The summed E-state index contributed by atoms with van der Waals surface area (Å²) in [4.78, 5) is 41.4. The molecule has 0 aliphatic carbocycles. The van der Waals surface area contributed by atoms with Crippen LogP contribution in [-0.2, 0) is 19.0 Å². The molecule has 1 saturated heterocycles. The highest BCUT2D eigenvalue weighted by Crippen LogP contribution is 2.05. The monoisotopic (exact) mass is 232 g/mol. The summed E-state index contributed by atoms with van der Waals surface area (Å²) in [5, 5.41) is 3.90. The Labute approximate surface area is 89.0 Å². The van der Waals surface area contributed by atoms with E-state index in [-0.39, 0.29) is 13.2 Å². The van der Waals surface area contributed by atoms with E-state index in [2.05, 4.69) is 14.2 Å². The number of ether oxygens (including phenoxy) is 3. The summed E-state index contributed by atoms with van der Waals surface area (Å²) in [5.74, 6) is -0.778. The fourth-order valence-electron chi connectivity index (χ4n) is 0.864. The van der Waals surface area contributed by atoms with Crippen LogP contribution in [0, 0.1) is 4.91 Å². The summed E-state index contributed by atoms with van der Waals surface area (Å²) in [6.45, 7) is -0.643. The fraction of sp³-hybridized carbons (Fsp3) is 0.571. The third-order valence-corrected chi connectivity index (χ3v) is 1.55. The van der Waals surface area contributed by atoms with Crippen molar-refractivity contribution >= 4 is 18.2 Å². The highest BCUT2D eigenvalue weighted by molar-refractivity contribution is 5.81. The summed E-state index contributed by atoms with van der Waals surface area (Å²) in [6, 6.07) is -1.16. The van der Waals surface area contributed by atoms with Crippen molar-refractivity contribution in [1.82, 2.24) is 5.32 Å². The molecule has 1 rings (SSSR count). The maximum absolute atomic E-state index is 10.9. The van der Waals surface area contributed by atoms with E-state index in [1.165, 1.54) is 0 Å². The first-order chi connectivity index (χ1) is 7.61. The van der Waals surface area contributed by atoms with Gasteiger partial charge in [0, 0.05) is 5.18 Å². The Kier molecular flexibility index (Phi) is 4.18. The van der Waals surface area contributed by atoms with E-state index in [0.717, 1.165) is 0 Å². The zero-order valence-electron chi connectivity index (χ0n) is 8.00. The van der Waals surface area contributed by atoms with Crippen molar-refractivity contribution in [2.75, 3.05) is 19.8 Å². The number of hydrogen-bond acceptors (Lipinski definition) is 7. The minimum absolute atomic E-state index is 0.00830. The molecule has 0 aromatic heterocycles. The molecule has 1 atom stereocenters. The van der Waals surface area contributed by atoms with Crippen molar-refractivity contribution in [2.45, 2.75) is 6.10 Å². The largest absolute Gasteiger partial charge is 0.508 e. The number of carbonyl (C=O) groups is 3. The third kappa shape index (κ3) is 3.90. The van der Waals surface area contributed by atoms with Gasteiger partial charge < -0.3 is 19.5 Å². The van der Waals surface area contributed by atoms with Gasteiger partial charge in [0.2, 0.25) is 0 Å². The van der Waals surface area contributed by atoms with Gasteiger partial charge in [-0.3, -0.25) is 4.79 Å². The number of hydrogen-bond donors (Lipinski definition) is 1. The second-order valence-electron chi connectivity index (χ2n) is 2.73. The Morgan fingerprint density at radius 2 is 2.31 bits per heavy atom. The van der Waals surface area contributed by atoms with Crippen LogP contribution in [0.5, 0.6) is 0 Å². The molecular weight excluding hydrogens is 224 g/mol. The number of esters is 1. The lowest BCUT2D eigenvalue weighted by atomic mass is 10.4. The summed E-state index contributed by atoms with van der Waals surface area (Å²) >= 11 is 0. The molecule has 0 saturated carbocycles. The average molecular weight is 232 g/mol. The van der Waals surface area contributed by atoms with Crippen molar-refractivity contribution in [3.05, 3.63) is 4.91 Å². The van der Waals surface area contributed by atoms with E-state index < -0.39 is 30.8 Å². The highest BCUT2D eigenvalue weighted by atomic mass is 16.8. The van der Waals surface area contributed by atoms with Crippen molar-refractivity contribution in [1.29, 1.82) is 0 Å². The van der Waals surface area contributed by atoms with Gasteiger partial charge in [0.1, 0.15) is 19.8 Å². The topological polar surface area (TPSA) is 120 Å². The number of nitroso groups, excluding NO2 is 1. The van der Waals surface area contributed by atoms with Gasteiger partial charge >= 0.3 is 18.2 Å². The third-order valence-electron chi connectivity index (χ3n) is 1.55. The standard InChI is InChI=1S/C7H8N2O7/c10-5(1-8-6(11)9-13)14-2-4-3-15-7(12)16-4/h4H,1-3H2,(H,8,11). The Morgan fingerprint density at radius 3 is 2.88 bits per heavy atom. The number of amides is 2. The Bertz CT molecular complexity index is 316. The van der Waals surface area contributed by atoms with Crippen molar-refractivity contribution in [2.24, 2.45) is 5.18 Å². The smallest absolute Gasteiger partial charge is 0.460 e. The molecule has 9 heteroatoms. The van der Waals surface area contributed by atoms with Crippen LogP contribution in [0.25, 0.3) is 0 Å². The van der Waals surface area contributed by atoms with E-state index in [1.807, 2.05) is 10.5 Å². The van der Waals surface area contributed by atoms with E-state index in [1.54, 1.807) is 0 Å². The number of urea groups is 1. The molecule has 1 heterocycles. The van der Waals surface area contributed by atoms with Crippen LogP contribution in [0.1, 0.15) is 0 Å². The number of rotatable bonds is 4. The summed E-state index contributed by atoms with van der Waals surface area (Å²) in [5.41, 5.74) is 0. The fourth-order valence-corrected chi connectivity index (χ4v) is 0.864. The molecule has 0 aromatic rings. The number of nitrogens with zero attached hydrogens (tertiary/aromatic N) is 1. The minimum Gasteiger partial charge on any atom is -0.460 e. The van der Waals surface area contributed by atoms with Crippen LogP contribution >= 0.6 is 0 Å². The van der Waals surface area contributed by atoms with Crippen molar-refractivity contribution in [3.63, 3.8) is 0 Å². The second-order valence-corrected chi connectivity index (χ2v) is 2.73. The molecule has 1 unspecified atom stereocenters. The van der Waals surface area contributed by atoms with E-state index in [9.17, 15) is 19.3 Å². The molecule has 1 aliphatic rings. The van der Waals surface area contributed by atoms with Crippen LogP contribution < -0.4 is 5.32 Å². The average Bonchev–Trinajstić information content (AvgIpc) is 2.69. The molecule has 2 amide bonds. The molecule has 0 bridgehead atoms. The number of cyclic esters (lactones) is 2. The molecule has 1 fully saturated rings. The SMILES string of the molecule is O=NC(=O)NCC(=O)OCC1COC(=O)O1. The quantitative estimate of drug-likeness (QED) is 0.514. The molecule has 16 heavy (non-hydrogen) atoms. The summed E-state index contributed by atoms with van der Waals surface area (Å²) in [7, 11) is 0. The predicted molar refractivity (Wildman–Crippen MR) is 46.4 cm³/mol. The van der Waals surface area contributed by atoms with E-state index in [4.69, 9.17) is 0 Å². The zero-order chi connectivity index (χ0) is 12.0.